The number of benzene rings is 1. The van der Waals surface area contributed by atoms with E-state index in [2.05, 4.69) is 4.98 Å². The zero-order valence-electron chi connectivity index (χ0n) is 10.00. The van der Waals surface area contributed by atoms with E-state index in [0.717, 1.165) is 0 Å². The lowest BCUT2D eigenvalue weighted by atomic mass is 10.3. The summed E-state index contributed by atoms with van der Waals surface area (Å²) in [4.78, 5) is 13.6. The van der Waals surface area contributed by atoms with Crippen molar-refractivity contribution in [2.24, 2.45) is 5.73 Å². The van der Waals surface area contributed by atoms with Crippen LogP contribution >= 0.6 is 0 Å². The number of hydrogen-bond acceptors (Lipinski definition) is 5. The third kappa shape index (κ3) is 2.07. The molecule has 1 aliphatic heterocycles. The summed E-state index contributed by atoms with van der Waals surface area (Å²) in [5, 5.41) is 0. The third-order valence-corrected chi connectivity index (χ3v) is 5.08. The number of nitrogens with two attached hydrogens (primary N) is 1. The van der Waals surface area contributed by atoms with Gasteiger partial charge in [-0.25, -0.2) is 13.2 Å². The highest BCUT2D eigenvalue weighted by atomic mass is 32.2. The summed E-state index contributed by atoms with van der Waals surface area (Å²) >= 11 is 0. The number of rotatable bonds is 2. The molecule has 0 aliphatic carbocycles. The standard InChI is InChI=1S/C11H13N3O4S/c12-7-3-4-14(6-7)19(16,17)8-1-2-9-10(5-8)18-11(15)13-9/h1-2,5,7H,3-4,6,12H2,(H,13,15)/t7-/m1/s1. The fraction of sp³-hybridized carbons (Fsp3) is 0.364. The largest absolute Gasteiger partial charge is 0.417 e. The Morgan fingerprint density at radius 3 is 2.89 bits per heavy atom. The van der Waals surface area contributed by atoms with Crippen molar-refractivity contribution < 1.29 is 12.8 Å². The summed E-state index contributed by atoms with van der Waals surface area (Å²) in [6, 6.07) is 4.20. The molecule has 0 unspecified atom stereocenters. The van der Waals surface area contributed by atoms with Crippen LogP contribution in [0.4, 0.5) is 0 Å². The molecule has 7 nitrogen and oxygen atoms in total. The van der Waals surface area contributed by atoms with Gasteiger partial charge < -0.3 is 10.2 Å². The van der Waals surface area contributed by atoms with Gasteiger partial charge in [-0.1, -0.05) is 0 Å². The van der Waals surface area contributed by atoms with Crippen LogP contribution in [-0.2, 0) is 10.0 Å². The van der Waals surface area contributed by atoms with Crippen LogP contribution in [0, 0.1) is 0 Å². The van der Waals surface area contributed by atoms with Gasteiger partial charge in [0.2, 0.25) is 10.0 Å². The van der Waals surface area contributed by atoms with Crippen molar-refractivity contribution in [1.29, 1.82) is 0 Å². The van der Waals surface area contributed by atoms with E-state index in [4.69, 9.17) is 10.2 Å². The predicted octanol–water partition coefficient (Wildman–Crippen LogP) is -0.157. The second kappa shape index (κ2) is 4.19. The molecule has 0 amide bonds. The summed E-state index contributed by atoms with van der Waals surface area (Å²) in [5.74, 6) is -0.604. The molecule has 1 aromatic heterocycles. The molecule has 0 spiro atoms. The van der Waals surface area contributed by atoms with E-state index in [1.54, 1.807) is 0 Å². The maximum atomic E-state index is 12.4. The molecule has 1 saturated heterocycles. The number of aromatic amines is 1. The van der Waals surface area contributed by atoms with Crippen LogP contribution in [0.1, 0.15) is 6.42 Å². The Bertz CT molecular complexity index is 777. The summed E-state index contributed by atoms with van der Waals surface area (Å²) in [5.41, 5.74) is 6.43. The van der Waals surface area contributed by atoms with E-state index >= 15 is 0 Å². The molecule has 0 bridgehead atoms. The summed E-state index contributed by atoms with van der Waals surface area (Å²) in [7, 11) is -3.58. The first-order valence-corrected chi connectivity index (χ1v) is 7.29. The highest BCUT2D eigenvalue weighted by Crippen LogP contribution is 2.23. The minimum Gasteiger partial charge on any atom is -0.408 e. The molecule has 1 fully saturated rings. The molecule has 2 heterocycles. The predicted molar refractivity (Wildman–Crippen MR) is 68.2 cm³/mol. The lowest BCUT2D eigenvalue weighted by Gasteiger charge is -2.15. The third-order valence-electron chi connectivity index (χ3n) is 3.22. The molecule has 1 aliphatic rings. The smallest absolute Gasteiger partial charge is 0.408 e. The highest BCUT2D eigenvalue weighted by molar-refractivity contribution is 7.89. The van der Waals surface area contributed by atoms with E-state index < -0.39 is 15.8 Å². The molecule has 2 aromatic rings. The van der Waals surface area contributed by atoms with Crippen molar-refractivity contribution in [2.45, 2.75) is 17.4 Å². The van der Waals surface area contributed by atoms with Crippen molar-refractivity contribution in [3.05, 3.63) is 28.7 Å². The topological polar surface area (TPSA) is 109 Å². The van der Waals surface area contributed by atoms with Crippen molar-refractivity contribution in [1.82, 2.24) is 9.29 Å². The van der Waals surface area contributed by atoms with Gasteiger partial charge in [0.05, 0.1) is 10.4 Å². The van der Waals surface area contributed by atoms with Crippen LogP contribution in [0.2, 0.25) is 0 Å². The fourth-order valence-corrected chi connectivity index (χ4v) is 3.74. The maximum absolute atomic E-state index is 12.4. The number of sulfonamides is 1. The number of nitrogens with zero attached hydrogens (tertiary/aromatic N) is 1. The Labute approximate surface area is 109 Å². The molecule has 1 aromatic carbocycles. The van der Waals surface area contributed by atoms with E-state index in [-0.39, 0.29) is 16.5 Å². The fourth-order valence-electron chi connectivity index (χ4n) is 2.21. The van der Waals surface area contributed by atoms with Crippen LogP contribution in [0.5, 0.6) is 0 Å². The highest BCUT2D eigenvalue weighted by Gasteiger charge is 2.31. The Kier molecular flexibility index (Phi) is 2.73. The average Bonchev–Trinajstić information content (AvgIpc) is 2.93. The summed E-state index contributed by atoms with van der Waals surface area (Å²) < 4.78 is 31.0. The number of H-pyrrole nitrogens is 1. The van der Waals surface area contributed by atoms with Crippen molar-refractivity contribution in [2.75, 3.05) is 13.1 Å². The molecule has 3 N–H and O–H groups in total. The van der Waals surface area contributed by atoms with E-state index in [9.17, 15) is 13.2 Å². The normalized spacial score (nSPS) is 21.2. The Hall–Kier alpha value is -1.64. The van der Waals surface area contributed by atoms with Gasteiger partial charge in [0.15, 0.2) is 5.58 Å². The number of oxazole rings is 1. The number of hydrogen-bond donors (Lipinski definition) is 2. The average molecular weight is 283 g/mol. The minimum atomic E-state index is -3.58. The molecule has 19 heavy (non-hydrogen) atoms. The van der Waals surface area contributed by atoms with Gasteiger partial charge in [-0.2, -0.15) is 4.31 Å². The van der Waals surface area contributed by atoms with Gasteiger partial charge in [0.25, 0.3) is 0 Å². The number of nitrogens with one attached hydrogen (secondary N) is 1. The van der Waals surface area contributed by atoms with Crippen molar-refractivity contribution in [3.8, 4) is 0 Å². The van der Waals surface area contributed by atoms with E-state index in [0.29, 0.717) is 25.0 Å². The quantitative estimate of drug-likeness (QED) is 0.796. The van der Waals surface area contributed by atoms with Crippen molar-refractivity contribution in [3.63, 3.8) is 0 Å². The van der Waals surface area contributed by atoms with Gasteiger partial charge in [0.1, 0.15) is 0 Å². The van der Waals surface area contributed by atoms with E-state index in [1.165, 1.54) is 22.5 Å². The molecular weight excluding hydrogens is 270 g/mol. The zero-order valence-corrected chi connectivity index (χ0v) is 10.8. The van der Waals surface area contributed by atoms with E-state index in [1.807, 2.05) is 0 Å². The Morgan fingerprint density at radius 2 is 2.21 bits per heavy atom. The van der Waals surface area contributed by atoms with Crippen LogP contribution in [0.25, 0.3) is 11.1 Å². The monoisotopic (exact) mass is 283 g/mol. The maximum Gasteiger partial charge on any atom is 0.417 e. The SMILES string of the molecule is N[C@@H]1CCN(S(=O)(=O)c2ccc3[nH]c(=O)oc3c2)C1. The molecule has 1 atom stereocenters. The van der Waals surface area contributed by atoms with Gasteiger partial charge in [-0.3, -0.25) is 4.98 Å². The second-order valence-corrected chi connectivity index (χ2v) is 6.52. The molecule has 8 heteroatoms. The summed E-state index contributed by atoms with van der Waals surface area (Å²) in [6.07, 6.45) is 0.653. The number of aromatic nitrogens is 1. The minimum absolute atomic E-state index is 0.108. The van der Waals surface area contributed by atoms with Crippen LogP contribution < -0.4 is 11.5 Å². The molecule has 102 valence electrons. The first-order chi connectivity index (χ1) is 8.96. The van der Waals surface area contributed by atoms with Crippen molar-refractivity contribution >= 4 is 21.1 Å². The lowest BCUT2D eigenvalue weighted by molar-refractivity contribution is 0.472. The van der Waals surface area contributed by atoms with Gasteiger partial charge >= 0.3 is 5.76 Å². The summed E-state index contributed by atoms with van der Waals surface area (Å²) in [6.45, 7) is 0.732. The molecule has 3 rings (SSSR count). The van der Waals surface area contributed by atoms with Gasteiger partial charge in [-0.15, -0.1) is 0 Å². The van der Waals surface area contributed by atoms with Gasteiger partial charge in [-0.05, 0) is 18.6 Å². The van der Waals surface area contributed by atoms with Crippen LogP contribution in [-0.4, -0.2) is 36.8 Å². The molecule has 0 saturated carbocycles. The number of fused-ring (bicyclic) bond motifs is 1. The second-order valence-electron chi connectivity index (χ2n) is 4.58. The first kappa shape index (κ1) is 12.4. The molecular formula is C11H13N3O4S. The first-order valence-electron chi connectivity index (χ1n) is 5.85. The Morgan fingerprint density at radius 1 is 1.42 bits per heavy atom. The Balaban J connectivity index is 2.05. The van der Waals surface area contributed by atoms with Crippen LogP contribution in [0.3, 0.4) is 0 Å². The van der Waals surface area contributed by atoms with Crippen LogP contribution in [0.15, 0.2) is 32.3 Å². The molecule has 0 radical (unpaired) electrons. The lowest BCUT2D eigenvalue weighted by Crippen LogP contribution is -2.31. The zero-order chi connectivity index (χ0) is 13.6. The van der Waals surface area contributed by atoms with Gasteiger partial charge in [0, 0.05) is 25.2 Å².